The summed E-state index contributed by atoms with van der Waals surface area (Å²) in [5.74, 6) is 0.930. The summed E-state index contributed by atoms with van der Waals surface area (Å²) in [7, 11) is 0. The molecule has 1 N–H and O–H groups in total. The second-order valence-electron chi connectivity index (χ2n) is 10.4. The third kappa shape index (κ3) is 5.78. The van der Waals surface area contributed by atoms with Crippen molar-refractivity contribution in [1.82, 2.24) is 15.1 Å². The van der Waals surface area contributed by atoms with E-state index in [1.165, 1.54) is 26.7 Å². The Labute approximate surface area is 205 Å². The van der Waals surface area contributed by atoms with Gasteiger partial charge in [-0.3, -0.25) is 9.48 Å². The number of nitrogens with zero attached hydrogens (tertiary/aromatic N) is 2. The van der Waals surface area contributed by atoms with Crippen LogP contribution in [0.25, 0.3) is 11.3 Å². The van der Waals surface area contributed by atoms with E-state index in [9.17, 15) is 18.0 Å². The van der Waals surface area contributed by atoms with E-state index in [2.05, 4.69) is 17.3 Å². The number of amides is 1. The number of aromatic nitrogens is 2. The van der Waals surface area contributed by atoms with Gasteiger partial charge in [-0.2, -0.15) is 18.3 Å². The number of benzene rings is 1. The number of alkyl halides is 3. The molecule has 1 saturated carbocycles. The van der Waals surface area contributed by atoms with E-state index in [-0.39, 0.29) is 23.0 Å². The molecule has 1 aromatic heterocycles. The molecular weight excluding hydrogens is 463 g/mol. The number of carbonyl (C=O) groups excluding carboxylic acids is 1. The first-order valence-electron chi connectivity index (χ1n) is 12.0. The van der Waals surface area contributed by atoms with Crippen molar-refractivity contribution < 1.29 is 18.0 Å². The van der Waals surface area contributed by atoms with Crippen molar-refractivity contribution >= 4 is 17.5 Å². The average molecular weight is 498 g/mol. The van der Waals surface area contributed by atoms with Gasteiger partial charge in [-0.05, 0) is 56.1 Å². The smallest absolute Gasteiger partial charge is 0.350 e. The fourth-order valence-corrected chi connectivity index (χ4v) is 4.96. The molecule has 1 fully saturated rings. The van der Waals surface area contributed by atoms with Crippen molar-refractivity contribution in [2.45, 2.75) is 79.4 Å². The van der Waals surface area contributed by atoms with E-state index < -0.39 is 11.6 Å². The van der Waals surface area contributed by atoms with Gasteiger partial charge >= 0.3 is 6.18 Å². The molecule has 0 atom stereocenters. The molecule has 2 aromatic rings. The van der Waals surface area contributed by atoms with Gasteiger partial charge in [0, 0.05) is 18.7 Å². The fourth-order valence-electron chi connectivity index (χ4n) is 4.64. The Balaban J connectivity index is 1.81. The van der Waals surface area contributed by atoms with Crippen LogP contribution in [0, 0.1) is 24.2 Å². The zero-order chi connectivity index (χ0) is 25.3. The van der Waals surface area contributed by atoms with E-state index in [1.54, 1.807) is 22.9 Å². The quantitative estimate of drug-likeness (QED) is 0.439. The highest BCUT2D eigenvalue weighted by Crippen LogP contribution is 2.41. The molecule has 0 radical (unpaired) electrons. The van der Waals surface area contributed by atoms with Crippen LogP contribution in [0.2, 0.25) is 5.02 Å². The first kappa shape index (κ1) is 26.6. The maximum Gasteiger partial charge on any atom is 0.394 e. The van der Waals surface area contributed by atoms with Crippen molar-refractivity contribution in [1.29, 1.82) is 0 Å². The molecule has 0 bridgehead atoms. The van der Waals surface area contributed by atoms with Gasteiger partial charge in [0.25, 0.3) is 5.91 Å². The van der Waals surface area contributed by atoms with Crippen LogP contribution in [0.4, 0.5) is 13.2 Å². The Hall–Kier alpha value is -2.02. The Morgan fingerprint density at radius 3 is 2.41 bits per heavy atom. The van der Waals surface area contributed by atoms with Gasteiger partial charge in [0.1, 0.15) is 0 Å². The molecule has 0 aliphatic heterocycles. The lowest BCUT2D eigenvalue weighted by Gasteiger charge is -2.28. The Kier molecular flexibility index (Phi) is 8.06. The summed E-state index contributed by atoms with van der Waals surface area (Å²) < 4.78 is 41.7. The zero-order valence-electron chi connectivity index (χ0n) is 20.7. The van der Waals surface area contributed by atoms with Crippen LogP contribution in [0.5, 0.6) is 0 Å². The molecule has 0 saturated heterocycles. The maximum atomic E-state index is 13.3. The third-order valence-corrected chi connectivity index (χ3v) is 7.41. The van der Waals surface area contributed by atoms with Crippen LogP contribution in [0.15, 0.2) is 18.2 Å². The predicted octanol–water partition coefficient (Wildman–Crippen LogP) is 7.22. The van der Waals surface area contributed by atoms with Gasteiger partial charge in [0.05, 0.1) is 16.1 Å². The summed E-state index contributed by atoms with van der Waals surface area (Å²) in [5, 5.41) is 7.72. The van der Waals surface area contributed by atoms with Crippen LogP contribution >= 0.6 is 11.6 Å². The van der Waals surface area contributed by atoms with Crippen LogP contribution in [-0.2, 0) is 13.0 Å². The van der Waals surface area contributed by atoms with Crippen LogP contribution in [-0.4, -0.2) is 28.4 Å². The summed E-state index contributed by atoms with van der Waals surface area (Å²) in [4.78, 5) is 12.9. The number of hydrogen-bond donors (Lipinski definition) is 1. The van der Waals surface area contributed by atoms with E-state index in [0.717, 1.165) is 29.9 Å². The average Bonchev–Trinajstić information content (AvgIpc) is 3.08. The van der Waals surface area contributed by atoms with Gasteiger partial charge < -0.3 is 5.32 Å². The van der Waals surface area contributed by atoms with Gasteiger partial charge in [-0.1, -0.05) is 63.4 Å². The van der Waals surface area contributed by atoms with Gasteiger partial charge in [0.2, 0.25) is 0 Å². The topological polar surface area (TPSA) is 46.9 Å². The van der Waals surface area contributed by atoms with Crippen LogP contribution in [0.3, 0.4) is 0 Å². The van der Waals surface area contributed by atoms with E-state index >= 15 is 0 Å². The minimum Gasteiger partial charge on any atom is -0.350 e. The Morgan fingerprint density at radius 2 is 1.85 bits per heavy atom. The van der Waals surface area contributed by atoms with Crippen molar-refractivity contribution in [2.75, 3.05) is 6.54 Å². The fraction of sp³-hybridized carbons (Fsp3) is 0.615. The molecule has 4 nitrogen and oxygen atoms in total. The first-order valence-corrected chi connectivity index (χ1v) is 12.4. The highest BCUT2D eigenvalue weighted by molar-refractivity contribution is 6.36. The second kappa shape index (κ2) is 10.3. The van der Waals surface area contributed by atoms with Gasteiger partial charge in [0.15, 0.2) is 5.69 Å². The highest BCUT2D eigenvalue weighted by atomic mass is 35.5. The number of nitrogens with one attached hydrogen (secondary N) is 1. The standard InChI is InChI=1S/C26H35ClF3N3O/c1-6-33-23(20-12-11-19(13-17(20)3)14-25(4,5)26(28,29)30)21(27)22(32-33)24(34)31-15-18-9-7-16(2)8-10-18/h11-13,16,18H,6-10,14-15H2,1-5H3,(H,31,34). The monoisotopic (exact) mass is 497 g/mol. The summed E-state index contributed by atoms with van der Waals surface area (Å²) in [6.07, 6.45) is 0.186. The Bertz CT molecular complexity index is 1020. The molecule has 1 amide bonds. The van der Waals surface area contributed by atoms with Crippen molar-refractivity contribution in [2.24, 2.45) is 17.3 Å². The largest absolute Gasteiger partial charge is 0.394 e. The first-order chi connectivity index (χ1) is 15.8. The molecular formula is C26H35ClF3N3O. The van der Waals surface area contributed by atoms with Crippen molar-refractivity contribution in [3.05, 3.63) is 40.0 Å². The number of rotatable bonds is 7. The summed E-state index contributed by atoms with van der Waals surface area (Å²) in [6, 6.07) is 5.23. The third-order valence-electron chi connectivity index (χ3n) is 7.06. The lowest BCUT2D eigenvalue weighted by molar-refractivity contribution is -0.211. The molecule has 3 rings (SSSR count). The highest BCUT2D eigenvalue weighted by Gasteiger charge is 2.47. The molecule has 0 spiro atoms. The number of carbonyl (C=O) groups is 1. The zero-order valence-corrected chi connectivity index (χ0v) is 21.4. The predicted molar refractivity (Wildman–Crippen MR) is 130 cm³/mol. The Morgan fingerprint density at radius 1 is 1.21 bits per heavy atom. The van der Waals surface area contributed by atoms with Crippen LogP contribution in [0.1, 0.15) is 75.0 Å². The maximum absolute atomic E-state index is 13.3. The van der Waals surface area contributed by atoms with Crippen molar-refractivity contribution in [3.8, 4) is 11.3 Å². The SMILES string of the molecule is CCn1nc(C(=O)NCC2CCC(C)CC2)c(Cl)c1-c1ccc(CC(C)(C)C(F)(F)F)cc1C. The molecule has 1 aromatic carbocycles. The van der Waals surface area contributed by atoms with E-state index in [0.29, 0.717) is 30.3 Å². The number of hydrogen-bond acceptors (Lipinski definition) is 2. The van der Waals surface area contributed by atoms with Crippen molar-refractivity contribution in [3.63, 3.8) is 0 Å². The number of aryl methyl sites for hydroxylation is 2. The molecule has 8 heteroatoms. The van der Waals surface area contributed by atoms with E-state index in [1.807, 2.05) is 13.8 Å². The minimum absolute atomic E-state index is 0.119. The minimum atomic E-state index is -4.29. The number of halogens is 4. The summed E-state index contributed by atoms with van der Waals surface area (Å²) in [6.45, 7) is 9.54. The molecule has 1 aliphatic carbocycles. The summed E-state index contributed by atoms with van der Waals surface area (Å²) >= 11 is 6.66. The van der Waals surface area contributed by atoms with Crippen LogP contribution < -0.4 is 5.32 Å². The lowest BCUT2D eigenvalue weighted by Crippen LogP contribution is -2.34. The van der Waals surface area contributed by atoms with Gasteiger partial charge in [-0.25, -0.2) is 0 Å². The molecule has 34 heavy (non-hydrogen) atoms. The second-order valence-corrected chi connectivity index (χ2v) is 10.7. The van der Waals surface area contributed by atoms with Gasteiger partial charge in [-0.15, -0.1) is 0 Å². The lowest BCUT2D eigenvalue weighted by atomic mass is 9.83. The normalized spacial score (nSPS) is 19.3. The van der Waals surface area contributed by atoms with E-state index in [4.69, 9.17) is 11.6 Å². The summed E-state index contributed by atoms with van der Waals surface area (Å²) in [5.41, 5.74) is 1.11. The molecule has 1 heterocycles. The molecule has 1 aliphatic rings. The molecule has 188 valence electrons. The molecule has 0 unspecified atom stereocenters.